The number of hydrogen-bond acceptors (Lipinski definition) is 5. The zero-order valence-electron chi connectivity index (χ0n) is 14.0. The van der Waals surface area contributed by atoms with E-state index in [4.69, 9.17) is 14.2 Å². The molecule has 1 N–H and O–H groups in total. The molecular weight excluding hydrogens is 308 g/mol. The number of phenolic OH excluding ortho intramolecular Hbond substituents is 1. The van der Waals surface area contributed by atoms with Crippen LogP contribution in [-0.4, -0.2) is 24.8 Å². The molecule has 128 valence electrons. The Morgan fingerprint density at radius 3 is 2.54 bits per heavy atom. The van der Waals surface area contributed by atoms with E-state index in [0.717, 1.165) is 16.9 Å². The van der Waals surface area contributed by atoms with Crippen LogP contribution in [0.5, 0.6) is 17.2 Å². The van der Waals surface area contributed by atoms with Crippen LogP contribution in [-0.2, 0) is 22.6 Å². The van der Waals surface area contributed by atoms with Crippen molar-refractivity contribution in [3.05, 3.63) is 53.6 Å². The minimum absolute atomic E-state index is 0.125. The number of ether oxygens (including phenoxy) is 3. The number of hydrogen-bond donors (Lipinski definition) is 1. The van der Waals surface area contributed by atoms with Crippen LogP contribution in [0.4, 0.5) is 0 Å². The van der Waals surface area contributed by atoms with E-state index in [1.165, 1.54) is 0 Å². The zero-order valence-corrected chi connectivity index (χ0v) is 14.0. The maximum Gasteiger partial charge on any atom is 0.306 e. The average Bonchev–Trinajstić information content (AvgIpc) is 2.60. The molecule has 0 fully saturated rings. The molecule has 0 atom stereocenters. The minimum Gasteiger partial charge on any atom is -0.508 e. The van der Waals surface area contributed by atoms with Crippen molar-refractivity contribution in [2.75, 3.05) is 13.7 Å². The van der Waals surface area contributed by atoms with E-state index in [0.29, 0.717) is 25.4 Å². The smallest absolute Gasteiger partial charge is 0.306 e. The molecule has 0 bridgehead atoms. The molecule has 0 unspecified atom stereocenters. The summed E-state index contributed by atoms with van der Waals surface area (Å²) in [5, 5.41) is 9.68. The molecule has 0 aromatic heterocycles. The fourth-order valence-electron chi connectivity index (χ4n) is 2.24. The molecule has 0 aliphatic heterocycles. The van der Waals surface area contributed by atoms with Crippen LogP contribution < -0.4 is 9.47 Å². The first kappa shape index (κ1) is 17.7. The molecule has 0 amide bonds. The van der Waals surface area contributed by atoms with Gasteiger partial charge >= 0.3 is 5.97 Å². The van der Waals surface area contributed by atoms with Gasteiger partial charge in [-0.3, -0.25) is 4.79 Å². The van der Waals surface area contributed by atoms with Crippen molar-refractivity contribution < 1.29 is 24.1 Å². The number of carbonyl (C=O) groups excluding carboxylic acids is 1. The second-order valence-electron chi connectivity index (χ2n) is 5.23. The van der Waals surface area contributed by atoms with Gasteiger partial charge in [-0.15, -0.1) is 0 Å². The number of aromatic hydroxyl groups is 1. The van der Waals surface area contributed by atoms with Gasteiger partial charge in [-0.25, -0.2) is 0 Å². The van der Waals surface area contributed by atoms with Gasteiger partial charge in [-0.05, 0) is 42.7 Å². The van der Waals surface area contributed by atoms with Crippen LogP contribution in [0.3, 0.4) is 0 Å². The Hall–Kier alpha value is -2.69. The third-order valence-electron chi connectivity index (χ3n) is 3.51. The molecule has 0 radical (unpaired) electrons. The summed E-state index contributed by atoms with van der Waals surface area (Å²) in [4.78, 5) is 11.5. The van der Waals surface area contributed by atoms with Crippen molar-refractivity contribution >= 4 is 5.97 Å². The third-order valence-corrected chi connectivity index (χ3v) is 3.51. The van der Waals surface area contributed by atoms with Gasteiger partial charge in [0.05, 0.1) is 13.7 Å². The SMILES string of the molecule is CCOC(=O)CCc1ccc(O)cc1OCc1ccc(OC)cc1. The lowest BCUT2D eigenvalue weighted by Gasteiger charge is -2.12. The van der Waals surface area contributed by atoms with Gasteiger partial charge in [0.1, 0.15) is 23.9 Å². The first-order valence-electron chi connectivity index (χ1n) is 7.85. The molecule has 2 rings (SSSR count). The van der Waals surface area contributed by atoms with E-state index in [-0.39, 0.29) is 18.1 Å². The van der Waals surface area contributed by atoms with E-state index >= 15 is 0 Å². The summed E-state index contributed by atoms with van der Waals surface area (Å²) in [6.07, 6.45) is 0.772. The number of carbonyl (C=O) groups is 1. The van der Waals surface area contributed by atoms with Crippen molar-refractivity contribution in [2.45, 2.75) is 26.4 Å². The van der Waals surface area contributed by atoms with Crippen molar-refractivity contribution in [3.63, 3.8) is 0 Å². The highest BCUT2D eigenvalue weighted by molar-refractivity contribution is 5.69. The van der Waals surface area contributed by atoms with Gasteiger partial charge in [0.2, 0.25) is 0 Å². The lowest BCUT2D eigenvalue weighted by atomic mass is 10.1. The average molecular weight is 330 g/mol. The fraction of sp³-hybridized carbons (Fsp3) is 0.316. The number of aryl methyl sites for hydroxylation is 1. The maximum atomic E-state index is 11.5. The fourth-order valence-corrected chi connectivity index (χ4v) is 2.24. The van der Waals surface area contributed by atoms with Crippen LogP contribution >= 0.6 is 0 Å². The molecule has 2 aromatic rings. The second kappa shape index (κ2) is 8.82. The van der Waals surface area contributed by atoms with Gasteiger partial charge in [-0.1, -0.05) is 18.2 Å². The van der Waals surface area contributed by atoms with Crippen LogP contribution in [0, 0.1) is 0 Å². The Balaban J connectivity index is 2.02. The van der Waals surface area contributed by atoms with Crippen molar-refractivity contribution in [1.82, 2.24) is 0 Å². The number of phenols is 1. The first-order chi connectivity index (χ1) is 11.6. The van der Waals surface area contributed by atoms with Gasteiger partial charge < -0.3 is 19.3 Å². The van der Waals surface area contributed by atoms with E-state index in [1.54, 1.807) is 32.2 Å². The molecule has 0 spiro atoms. The summed E-state index contributed by atoms with van der Waals surface area (Å²) >= 11 is 0. The zero-order chi connectivity index (χ0) is 17.4. The topological polar surface area (TPSA) is 65.0 Å². The molecule has 0 saturated heterocycles. The highest BCUT2D eigenvalue weighted by Crippen LogP contribution is 2.26. The van der Waals surface area contributed by atoms with E-state index < -0.39 is 0 Å². The molecule has 0 aliphatic carbocycles. The van der Waals surface area contributed by atoms with Crippen molar-refractivity contribution in [2.24, 2.45) is 0 Å². The molecule has 0 aliphatic rings. The normalized spacial score (nSPS) is 10.2. The quantitative estimate of drug-likeness (QED) is 0.751. The molecule has 5 nitrogen and oxygen atoms in total. The van der Waals surface area contributed by atoms with Crippen LogP contribution in [0.1, 0.15) is 24.5 Å². The largest absolute Gasteiger partial charge is 0.508 e. The third kappa shape index (κ3) is 5.19. The van der Waals surface area contributed by atoms with Crippen LogP contribution in [0.25, 0.3) is 0 Å². The summed E-state index contributed by atoms with van der Waals surface area (Å²) in [7, 11) is 1.62. The standard InChI is InChI=1S/C19H22O5/c1-3-23-19(21)11-7-15-6-8-16(20)12-18(15)24-13-14-4-9-17(22-2)10-5-14/h4-6,8-10,12,20H,3,7,11,13H2,1-2H3. The summed E-state index contributed by atoms with van der Waals surface area (Å²) in [5.41, 5.74) is 1.84. The molecule has 24 heavy (non-hydrogen) atoms. The minimum atomic E-state index is -0.244. The summed E-state index contributed by atoms with van der Waals surface area (Å²) in [5.74, 6) is 1.23. The number of esters is 1. The Morgan fingerprint density at radius 1 is 1.12 bits per heavy atom. The molecule has 0 saturated carbocycles. The lowest BCUT2D eigenvalue weighted by molar-refractivity contribution is -0.143. The summed E-state index contributed by atoms with van der Waals surface area (Å²) in [6, 6.07) is 12.5. The Kier molecular flexibility index (Phi) is 6.49. The number of methoxy groups -OCH3 is 1. The van der Waals surface area contributed by atoms with E-state index in [2.05, 4.69) is 0 Å². The predicted octanol–water partition coefficient (Wildman–Crippen LogP) is 3.48. The molecule has 2 aromatic carbocycles. The van der Waals surface area contributed by atoms with E-state index in [1.807, 2.05) is 24.3 Å². The number of rotatable bonds is 8. The Morgan fingerprint density at radius 2 is 1.88 bits per heavy atom. The van der Waals surface area contributed by atoms with Crippen molar-refractivity contribution in [1.29, 1.82) is 0 Å². The van der Waals surface area contributed by atoms with Crippen molar-refractivity contribution in [3.8, 4) is 17.2 Å². The molecular formula is C19H22O5. The molecule has 5 heteroatoms. The van der Waals surface area contributed by atoms with Crippen LogP contribution in [0.2, 0.25) is 0 Å². The number of benzene rings is 2. The first-order valence-corrected chi connectivity index (χ1v) is 7.85. The summed E-state index contributed by atoms with van der Waals surface area (Å²) < 4.78 is 15.9. The van der Waals surface area contributed by atoms with E-state index in [9.17, 15) is 9.90 Å². The second-order valence-corrected chi connectivity index (χ2v) is 5.23. The highest BCUT2D eigenvalue weighted by atomic mass is 16.5. The molecule has 0 heterocycles. The Labute approximate surface area is 141 Å². The lowest BCUT2D eigenvalue weighted by Crippen LogP contribution is -2.06. The summed E-state index contributed by atoms with van der Waals surface area (Å²) in [6.45, 7) is 2.51. The van der Waals surface area contributed by atoms with Gasteiger partial charge in [0.25, 0.3) is 0 Å². The van der Waals surface area contributed by atoms with Gasteiger partial charge in [-0.2, -0.15) is 0 Å². The maximum absolute atomic E-state index is 11.5. The van der Waals surface area contributed by atoms with Gasteiger partial charge in [0.15, 0.2) is 0 Å². The highest BCUT2D eigenvalue weighted by Gasteiger charge is 2.09. The predicted molar refractivity (Wildman–Crippen MR) is 90.4 cm³/mol. The van der Waals surface area contributed by atoms with Gasteiger partial charge in [0, 0.05) is 12.5 Å². The van der Waals surface area contributed by atoms with Crippen LogP contribution in [0.15, 0.2) is 42.5 Å². The Bertz CT molecular complexity index is 664. The monoisotopic (exact) mass is 330 g/mol.